The second-order valence-corrected chi connectivity index (χ2v) is 7.04. The molecule has 0 radical (unpaired) electrons. The number of fused-ring (bicyclic) bond motifs is 1. The average Bonchev–Trinajstić information content (AvgIpc) is 3.21. The van der Waals surface area contributed by atoms with Gasteiger partial charge in [-0.3, -0.25) is 8.97 Å². The molecule has 1 N–H and O–H groups in total. The van der Waals surface area contributed by atoms with Crippen LogP contribution in [0.15, 0.2) is 69.5 Å². The highest BCUT2D eigenvalue weighted by molar-refractivity contribution is 7.99. The van der Waals surface area contributed by atoms with Crippen LogP contribution in [0.1, 0.15) is 5.56 Å². The Kier molecular flexibility index (Phi) is 4.93. The summed E-state index contributed by atoms with van der Waals surface area (Å²) in [5.74, 6) is 0.583. The molecule has 0 saturated carbocycles. The molecule has 0 aliphatic heterocycles. The lowest BCUT2D eigenvalue weighted by molar-refractivity contribution is 0.611. The van der Waals surface area contributed by atoms with E-state index in [-0.39, 0.29) is 11.4 Å². The molecule has 0 aliphatic carbocycles. The molecular formula is C18H18N6O2S. The Balaban J connectivity index is 1.42. The number of rotatable bonds is 7. The first-order chi connectivity index (χ1) is 13.2. The monoisotopic (exact) mass is 382 g/mol. The van der Waals surface area contributed by atoms with Crippen LogP contribution in [-0.2, 0) is 19.5 Å². The van der Waals surface area contributed by atoms with Crippen LogP contribution in [0, 0.1) is 0 Å². The largest absolute Gasteiger partial charge is 0.350 e. The Bertz CT molecular complexity index is 1160. The van der Waals surface area contributed by atoms with Gasteiger partial charge < -0.3 is 0 Å². The van der Waals surface area contributed by atoms with Gasteiger partial charge in [0, 0.05) is 18.5 Å². The van der Waals surface area contributed by atoms with E-state index in [4.69, 9.17) is 0 Å². The van der Waals surface area contributed by atoms with Crippen molar-refractivity contribution >= 4 is 17.4 Å². The minimum atomic E-state index is -0.224. The summed E-state index contributed by atoms with van der Waals surface area (Å²) in [6.45, 7) is 0.987. The predicted molar refractivity (Wildman–Crippen MR) is 103 cm³/mol. The maximum absolute atomic E-state index is 12.3. The van der Waals surface area contributed by atoms with Gasteiger partial charge in [-0.25, -0.2) is 19.4 Å². The molecule has 3 heterocycles. The summed E-state index contributed by atoms with van der Waals surface area (Å²) < 4.78 is 4.57. The van der Waals surface area contributed by atoms with Crippen molar-refractivity contribution in [2.75, 3.05) is 5.75 Å². The first-order valence-electron chi connectivity index (χ1n) is 8.58. The summed E-state index contributed by atoms with van der Waals surface area (Å²) in [6, 6.07) is 15.4. The van der Waals surface area contributed by atoms with Gasteiger partial charge in [-0.2, -0.15) is 0 Å². The van der Waals surface area contributed by atoms with Crippen molar-refractivity contribution in [3.63, 3.8) is 0 Å². The van der Waals surface area contributed by atoms with Gasteiger partial charge in [0.15, 0.2) is 10.8 Å². The SMILES string of the molecule is O=c1[nH]nc(SCCn2nc3ccccn3c2=O)n1CCc1ccccc1. The number of benzene rings is 1. The van der Waals surface area contributed by atoms with E-state index in [1.54, 1.807) is 22.9 Å². The van der Waals surface area contributed by atoms with Crippen molar-refractivity contribution in [3.8, 4) is 0 Å². The van der Waals surface area contributed by atoms with Crippen LogP contribution < -0.4 is 11.4 Å². The molecule has 0 bridgehead atoms. The molecule has 0 fully saturated rings. The molecule has 0 unspecified atom stereocenters. The molecule has 0 aliphatic rings. The summed E-state index contributed by atoms with van der Waals surface area (Å²) >= 11 is 1.43. The molecule has 0 amide bonds. The number of aryl methyl sites for hydroxylation is 2. The van der Waals surface area contributed by atoms with Crippen LogP contribution in [0.4, 0.5) is 0 Å². The summed E-state index contributed by atoms with van der Waals surface area (Å²) in [4.78, 5) is 24.3. The van der Waals surface area contributed by atoms with E-state index in [1.165, 1.54) is 20.8 Å². The van der Waals surface area contributed by atoms with Crippen molar-refractivity contribution in [1.82, 2.24) is 28.9 Å². The zero-order valence-corrected chi connectivity index (χ0v) is 15.3. The highest BCUT2D eigenvalue weighted by Gasteiger charge is 2.10. The van der Waals surface area contributed by atoms with Gasteiger partial charge in [0.05, 0.1) is 6.54 Å². The fraction of sp³-hybridized carbons (Fsp3) is 0.222. The van der Waals surface area contributed by atoms with Gasteiger partial charge in [-0.1, -0.05) is 48.2 Å². The lowest BCUT2D eigenvalue weighted by Crippen LogP contribution is -2.22. The molecule has 138 valence electrons. The minimum absolute atomic E-state index is 0.172. The predicted octanol–water partition coefficient (Wildman–Crippen LogP) is 1.42. The third-order valence-corrected chi connectivity index (χ3v) is 5.17. The Morgan fingerprint density at radius 1 is 1.00 bits per heavy atom. The highest BCUT2D eigenvalue weighted by Crippen LogP contribution is 2.14. The summed E-state index contributed by atoms with van der Waals surface area (Å²) in [7, 11) is 0. The van der Waals surface area contributed by atoms with Crippen molar-refractivity contribution in [2.45, 2.75) is 24.7 Å². The molecule has 4 aromatic rings. The van der Waals surface area contributed by atoms with E-state index in [2.05, 4.69) is 15.3 Å². The fourth-order valence-corrected chi connectivity index (χ4v) is 3.72. The van der Waals surface area contributed by atoms with Gasteiger partial charge >= 0.3 is 11.4 Å². The molecular weight excluding hydrogens is 364 g/mol. The summed E-state index contributed by atoms with van der Waals surface area (Å²) in [6.07, 6.45) is 2.45. The summed E-state index contributed by atoms with van der Waals surface area (Å²) in [5, 5.41) is 11.5. The molecule has 0 atom stereocenters. The number of nitrogens with one attached hydrogen (secondary N) is 1. The molecule has 1 aromatic carbocycles. The van der Waals surface area contributed by atoms with Gasteiger partial charge in [0.25, 0.3) is 0 Å². The van der Waals surface area contributed by atoms with Crippen molar-refractivity contribution < 1.29 is 0 Å². The molecule has 0 spiro atoms. The van der Waals surface area contributed by atoms with Crippen molar-refractivity contribution in [2.24, 2.45) is 0 Å². The third kappa shape index (κ3) is 3.72. The Morgan fingerprint density at radius 3 is 2.63 bits per heavy atom. The van der Waals surface area contributed by atoms with Crippen LogP contribution in [-0.4, -0.2) is 34.7 Å². The van der Waals surface area contributed by atoms with Crippen LogP contribution in [0.25, 0.3) is 5.65 Å². The summed E-state index contributed by atoms with van der Waals surface area (Å²) in [5.41, 5.74) is 1.39. The molecule has 3 aromatic heterocycles. The second kappa shape index (κ2) is 7.67. The van der Waals surface area contributed by atoms with Crippen LogP contribution in [0.2, 0.25) is 0 Å². The lowest BCUT2D eigenvalue weighted by Gasteiger charge is -2.05. The van der Waals surface area contributed by atoms with Gasteiger partial charge in [0.1, 0.15) is 0 Å². The van der Waals surface area contributed by atoms with Gasteiger partial charge in [-0.05, 0) is 24.1 Å². The molecule has 8 nitrogen and oxygen atoms in total. The topological polar surface area (TPSA) is 90.0 Å². The van der Waals surface area contributed by atoms with Gasteiger partial charge in [0.2, 0.25) is 0 Å². The van der Waals surface area contributed by atoms with E-state index in [0.29, 0.717) is 29.6 Å². The fourth-order valence-electron chi connectivity index (χ4n) is 2.83. The highest BCUT2D eigenvalue weighted by atomic mass is 32.2. The van der Waals surface area contributed by atoms with Crippen molar-refractivity contribution in [1.29, 1.82) is 0 Å². The molecule has 4 rings (SSSR count). The average molecular weight is 382 g/mol. The Morgan fingerprint density at radius 2 is 1.81 bits per heavy atom. The first-order valence-corrected chi connectivity index (χ1v) is 9.57. The van der Waals surface area contributed by atoms with E-state index >= 15 is 0 Å². The van der Waals surface area contributed by atoms with E-state index in [0.717, 1.165) is 12.0 Å². The van der Waals surface area contributed by atoms with Gasteiger partial charge in [-0.15, -0.1) is 10.2 Å². The Labute approximate surface area is 158 Å². The number of hydrogen-bond acceptors (Lipinski definition) is 5. The second-order valence-electron chi connectivity index (χ2n) is 5.98. The molecule has 9 heteroatoms. The van der Waals surface area contributed by atoms with E-state index in [9.17, 15) is 9.59 Å². The van der Waals surface area contributed by atoms with E-state index in [1.807, 2.05) is 36.4 Å². The smallest absolute Gasteiger partial charge is 0.270 e. The lowest BCUT2D eigenvalue weighted by atomic mass is 10.1. The number of pyridine rings is 1. The zero-order chi connectivity index (χ0) is 18.6. The number of thioether (sulfide) groups is 1. The van der Waals surface area contributed by atoms with Crippen LogP contribution in [0.3, 0.4) is 0 Å². The van der Waals surface area contributed by atoms with Crippen molar-refractivity contribution in [3.05, 3.63) is 81.3 Å². The number of nitrogens with zero attached hydrogens (tertiary/aromatic N) is 5. The third-order valence-electron chi connectivity index (χ3n) is 4.21. The quantitative estimate of drug-likeness (QED) is 0.488. The maximum Gasteiger partial charge on any atom is 0.350 e. The Hall–Kier alpha value is -3.07. The number of hydrogen-bond donors (Lipinski definition) is 1. The number of aromatic nitrogens is 6. The molecule has 0 saturated heterocycles. The molecule has 27 heavy (non-hydrogen) atoms. The first kappa shape index (κ1) is 17.3. The zero-order valence-electron chi connectivity index (χ0n) is 14.5. The minimum Gasteiger partial charge on any atom is -0.270 e. The van der Waals surface area contributed by atoms with Crippen LogP contribution in [0.5, 0.6) is 0 Å². The van der Waals surface area contributed by atoms with Crippen LogP contribution >= 0.6 is 11.8 Å². The number of H-pyrrole nitrogens is 1. The maximum atomic E-state index is 12.3. The number of aromatic amines is 1. The normalized spacial score (nSPS) is 11.3. The standard InChI is InChI=1S/C18H18N6O2S/c25-16-19-20-17(23(16)11-9-14-6-2-1-3-7-14)27-13-12-24-18(26)22-10-5-4-8-15(22)21-24/h1-8,10H,9,11-13H2,(H,19,25). The van der Waals surface area contributed by atoms with E-state index < -0.39 is 0 Å².